The molecule has 34 heavy (non-hydrogen) atoms. The van der Waals surface area contributed by atoms with Gasteiger partial charge in [0.05, 0.1) is 18.2 Å². The summed E-state index contributed by atoms with van der Waals surface area (Å²) >= 11 is 0. The van der Waals surface area contributed by atoms with Crippen LogP contribution in [0.1, 0.15) is 49.2 Å². The molecule has 1 aliphatic heterocycles. The van der Waals surface area contributed by atoms with Crippen LogP contribution in [-0.2, 0) is 16.0 Å². The number of fused-ring (bicyclic) bond motifs is 1. The minimum absolute atomic E-state index is 0.0297. The van der Waals surface area contributed by atoms with Crippen LogP contribution >= 0.6 is 0 Å². The van der Waals surface area contributed by atoms with Crippen molar-refractivity contribution in [3.8, 4) is 0 Å². The summed E-state index contributed by atoms with van der Waals surface area (Å²) in [5.74, 6) is -0.779. The highest BCUT2D eigenvalue weighted by molar-refractivity contribution is 6.03. The third-order valence-corrected chi connectivity index (χ3v) is 4.93. The smallest absolute Gasteiger partial charge is 0.408 e. The second-order valence-corrected chi connectivity index (χ2v) is 9.04. The number of carbonyl (C=O) groups is 2. The molecule has 0 fully saturated rings. The monoisotopic (exact) mass is 473 g/mol. The van der Waals surface area contributed by atoms with Crippen LogP contribution in [0.2, 0.25) is 0 Å². The standard InChI is InChI=1S/C24H32FN5O4/c1-6-33-13-16(29-23(32)34-24(3,4)5)11-26-21-19(25)17-12-27-22(31)18(17)20(30-21)28-15-9-7-8-14(2)10-15/h7-10,16H,6,11-13H2,1-5H3,(H,27,31)(H,29,32)(H2,26,28,30). The summed E-state index contributed by atoms with van der Waals surface area (Å²) in [5.41, 5.74) is 1.52. The minimum Gasteiger partial charge on any atom is -0.444 e. The van der Waals surface area contributed by atoms with E-state index >= 15 is 4.39 Å². The normalized spacial score (nSPS) is 13.6. The molecule has 2 aromatic rings. The van der Waals surface area contributed by atoms with Gasteiger partial charge in [-0.2, -0.15) is 0 Å². The lowest BCUT2D eigenvalue weighted by molar-refractivity contribution is 0.0456. The molecule has 3 rings (SSSR count). The van der Waals surface area contributed by atoms with Crippen molar-refractivity contribution in [2.24, 2.45) is 0 Å². The van der Waals surface area contributed by atoms with Crippen LogP contribution in [0.15, 0.2) is 24.3 Å². The highest BCUT2D eigenvalue weighted by Gasteiger charge is 2.30. The second kappa shape index (κ2) is 10.7. The van der Waals surface area contributed by atoms with Gasteiger partial charge in [-0.15, -0.1) is 0 Å². The molecule has 184 valence electrons. The first-order chi connectivity index (χ1) is 16.1. The molecule has 1 aliphatic rings. The highest BCUT2D eigenvalue weighted by Crippen LogP contribution is 2.31. The van der Waals surface area contributed by atoms with Crippen LogP contribution in [0, 0.1) is 12.7 Å². The predicted octanol–water partition coefficient (Wildman–Crippen LogP) is 3.86. The van der Waals surface area contributed by atoms with E-state index in [0.717, 1.165) is 11.3 Å². The summed E-state index contributed by atoms with van der Waals surface area (Å²) < 4.78 is 26.0. The third-order valence-electron chi connectivity index (χ3n) is 4.93. The molecular formula is C24H32FN5O4. The molecule has 0 spiro atoms. The first-order valence-corrected chi connectivity index (χ1v) is 11.2. The van der Waals surface area contributed by atoms with Gasteiger partial charge in [0.1, 0.15) is 11.4 Å². The number of aryl methyl sites for hydroxylation is 1. The fraction of sp³-hybridized carbons (Fsp3) is 0.458. The van der Waals surface area contributed by atoms with Crippen LogP contribution in [0.3, 0.4) is 0 Å². The molecule has 1 unspecified atom stereocenters. The summed E-state index contributed by atoms with van der Waals surface area (Å²) in [4.78, 5) is 29.0. The lowest BCUT2D eigenvalue weighted by Gasteiger charge is -2.24. The van der Waals surface area contributed by atoms with Gasteiger partial charge < -0.3 is 30.7 Å². The molecular weight excluding hydrogens is 441 g/mol. The maximum atomic E-state index is 15.2. The van der Waals surface area contributed by atoms with Gasteiger partial charge in [0.2, 0.25) is 0 Å². The van der Waals surface area contributed by atoms with Gasteiger partial charge in [0.15, 0.2) is 11.6 Å². The number of hydrogen-bond acceptors (Lipinski definition) is 7. The van der Waals surface area contributed by atoms with E-state index in [0.29, 0.717) is 6.61 Å². The van der Waals surface area contributed by atoms with Crippen molar-refractivity contribution < 1.29 is 23.5 Å². The maximum absolute atomic E-state index is 15.2. The number of hydrogen-bond donors (Lipinski definition) is 4. The van der Waals surface area contributed by atoms with Crippen LogP contribution in [0.25, 0.3) is 0 Å². The van der Waals surface area contributed by atoms with Crippen molar-refractivity contribution in [3.63, 3.8) is 0 Å². The topological polar surface area (TPSA) is 114 Å². The molecule has 9 nitrogen and oxygen atoms in total. The van der Waals surface area contributed by atoms with Gasteiger partial charge in [-0.3, -0.25) is 4.79 Å². The van der Waals surface area contributed by atoms with Crippen molar-refractivity contribution in [2.45, 2.75) is 52.8 Å². The van der Waals surface area contributed by atoms with E-state index in [1.54, 1.807) is 20.8 Å². The molecule has 0 saturated heterocycles. The number of aromatic nitrogens is 1. The average Bonchev–Trinajstić information content (AvgIpc) is 3.13. The Morgan fingerprint density at radius 1 is 1.29 bits per heavy atom. The molecule has 0 radical (unpaired) electrons. The van der Waals surface area contributed by atoms with Crippen molar-refractivity contribution in [1.29, 1.82) is 0 Å². The van der Waals surface area contributed by atoms with Crippen molar-refractivity contribution in [1.82, 2.24) is 15.6 Å². The molecule has 0 aliphatic carbocycles. The average molecular weight is 474 g/mol. The van der Waals surface area contributed by atoms with Gasteiger partial charge in [-0.1, -0.05) is 12.1 Å². The molecule has 1 aromatic heterocycles. The zero-order valence-corrected chi connectivity index (χ0v) is 20.2. The largest absolute Gasteiger partial charge is 0.444 e. The zero-order chi connectivity index (χ0) is 24.9. The summed E-state index contributed by atoms with van der Waals surface area (Å²) in [6.45, 7) is 9.95. The number of ether oxygens (including phenoxy) is 2. The van der Waals surface area contributed by atoms with E-state index < -0.39 is 23.6 Å². The Kier molecular flexibility index (Phi) is 7.93. The van der Waals surface area contributed by atoms with E-state index in [4.69, 9.17) is 9.47 Å². The first-order valence-electron chi connectivity index (χ1n) is 11.2. The van der Waals surface area contributed by atoms with Crippen LogP contribution in [-0.4, -0.2) is 48.4 Å². The lowest BCUT2D eigenvalue weighted by atomic mass is 10.1. The van der Waals surface area contributed by atoms with E-state index in [2.05, 4.69) is 26.3 Å². The summed E-state index contributed by atoms with van der Waals surface area (Å²) in [6, 6.07) is 7.07. The maximum Gasteiger partial charge on any atom is 0.408 e. The highest BCUT2D eigenvalue weighted by atomic mass is 19.1. The van der Waals surface area contributed by atoms with Gasteiger partial charge in [-0.25, -0.2) is 14.2 Å². The Morgan fingerprint density at radius 3 is 2.74 bits per heavy atom. The molecule has 1 aromatic carbocycles. The number of pyridine rings is 1. The Hall–Kier alpha value is -3.40. The molecule has 10 heteroatoms. The van der Waals surface area contributed by atoms with Gasteiger partial charge in [0, 0.05) is 30.9 Å². The number of carbonyl (C=O) groups excluding carboxylic acids is 2. The second-order valence-electron chi connectivity index (χ2n) is 9.04. The predicted molar refractivity (Wildman–Crippen MR) is 128 cm³/mol. The minimum atomic E-state index is -0.656. The van der Waals surface area contributed by atoms with Crippen LogP contribution in [0.5, 0.6) is 0 Å². The van der Waals surface area contributed by atoms with E-state index in [1.165, 1.54) is 0 Å². The van der Waals surface area contributed by atoms with E-state index in [9.17, 15) is 9.59 Å². The zero-order valence-electron chi connectivity index (χ0n) is 20.2. The molecule has 1 atom stereocenters. The van der Waals surface area contributed by atoms with Gasteiger partial charge in [-0.05, 0) is 52.3 Å². The number of benzene rings is 1. The van der Waals surface area contributed by atoms with Crippen LogP contribution in [0.4, 0.5) is 26.5 Å². The quantitative estimate of drug-likeness (QED) is 0.437. The number of halogens is 1. The molecule has 2 heterocycles. The Bertz CT molecular complexity index is 1050. The van der Waals surface area contributed by atoms with Crippen LogP contribution < -0.4 is 21.3 Å². The SMILES string of the molecule is CCOCC(CNc1nc(Nc2cccc(C)c2)c2c(c1F)CNC2=O)NC(=O)OC(C)(C)C. The first kappa shape index (κ1) is 25.2. The van der Waals surface area contributed by atoms with Crippen molar-refractivity contribution in [2.75, 3.05) is 30.4 Å². The fourth-order valence-corrected chi connectivity index (χ4v) is 3.45. The Morgan fingerprint density at radius 2 is 2.06 bits per heavy atom. The summed E-state index contributed by atoms with van der Waals surface area (Å²) in [6.07, 6.45) is -0.599. The number of rotatable bonds is 9. The van der Waals surface area contributed by atoms with Crippen molar-refractivity contribution in [3.05, 3.63) is 46.8 Å². The number of anilines is 3. The Balaban J connectivity index is 1.82. The van der Waals surface area contributed by atoms with Gasteiger partial charge in [0.25, 0.3) is 5.91 Å². The summed E-state index contributed by atoms with van der Waals surface area (Å²) in [7, 11) is 0. The number of amides is 2. The fourth-order valence-electron chi connectivity index (χ4n) is 3.45. The molecule has 0 saturated carbocycles. The molecule has 0 bridgehead atoms. The number of nitrogens with zero attached hydrogens (tertiary/aromatic N) is 1. The third kappa shape index (κ3) is 6.57. The summed E-state index contributed by atoms with van der Waals surface area (Å²) in [5, 5.41) is 11.5. The van der Waals surface area contributed by atoms with E-state index in [-0.39, 0.29) is 48.4 Å². The van der Waals surface area contributed by atoms with Crippen molar-refractivity contribution >= 4 is 29.3 Å². The molecule has 4 N–H and O–H groups in total. The molecule has 2 amide bonds. The Labute approximate surface area is 198 Å². The number of alkyl carbamates (subject to hydrolysis) is 1. The van der Waals surface area contributed by atoms with Gasteiger partial charge >= 0.3 is 6.09 Å². The lowest BCUT2D eigenvalue weighted by Crippen LogP contribution is -2.45. The van der Waals surface area contributed by atoms with E-state index in [1.807, 2.05) is 38.1 Å². The number of nitrogens with one attached hydrogen (secondary N) is 4.